The minimum Gasteiger partial charge on any atom is -0.464 e. The first-order chi connectivity index (χ1) is 6.17. The molecule has 0 aromatic heterocycles. The number of hydrogen-bond acceptors (Lipinski definition) is 6. The molecule has 0 aromatic carbocycles. The standard InChI is InChI=1S/C7H11NO5/c1-12-4-3-5(9)6(8-11)7(10)13-2/h11H,3-4H2,1-2H3/b8-6-. The highest BCUT2D eigenvalue weighted by Gasteiger charge is 2.21. The van der Waals surface area contributed by atoms with E-state index >= 15 is 0 Å². The molecule has 0 atom stereocenters. The second-order valence-electron chi connectivity index (χ2n) is 2.11. The number of ether oxygens (including phenoxy) is 2. The minimum atomic E-state index is -0.955. The maximum absolute atomic E-state index is 11.1. The number of carbonyl (C=O) groups excluding carboxylic acids is 2. The molecule has 0 aromatic rings. The van der Waals surface area contributed by atoms with Gasteiger partial charge >= 0.3 is 5.97 Å². The lowest BCUT2D eigenvalue weighted by Gasteiger charge is -2.00. The fourth-order valence-electron chi connectivity index (χ4n) is 0.620. The van der Waals surface area contributed by atoms with Gasteiger partial charge in [-0.15, -0.1) is 0 Å². The summed E-state index contributed by atoms with van der Waals surface area (Å²) in [4.78, 5) is 21.8. The third-order valence-electron chi connectivity index (χ3n) is 1.28. The summed E-state index contributed by atoms with van der Waals surface area (Å²) < 4.78 is 8.82. The van der Waals surface area contributed by atoms with Crippen molar-refractivity contribution in [1.82, 2.24) is 0 Å². The summed E-state index contributed by atoms with van der Waals surface area (Å²) >= 11 is 0. The largest absolute Gasteiger partial charge is 0.464 e. The van der Waals surface area contributed by atoms with Gasteiger partial charge in [-0.2, -0.15) is 0 Å². The number of nitrogens with zero attached hydrogens (tertiary/aromatic N) is 1. The van der Waals surface area contributed by atoms with Crippen molar-refractivity contribution in [3.8, 4) is 0 Å². The average molecular weight is 189 g/mol. The smallest absolute Gasteiger partial charge is 0.363 e. The van der Waals surface area contributed by atoms with Crippen LogP contribution in [0.4, 0.5) is 0 Å². The molecule has 1 N–H and O–H groups in total. The summed E-state index contributed by atoms with van der Waals surface area (Å²) in [5.41, 5.74) is -0.612. The summed E-state index contributed by atoms with van der Waals surface area (Å²) in [5, 5.41) is 10.9. The number of esters is 1. The van der Waals surface area contributed by atoms with Gasteiger partial charge in [0.2, 0.25) is 5.71 Å². The third kappa shape index (κ3) is 3.66. The monoisotopic (exact) mass is 189 g/mol. The first-order valence-electron chi connectivity index (χ1n) is 3.49. The molecular formula is C7H11NO5. The SMILES string of the molecule is COCCC(=O)/C(=N/O)C(=O)OC. The predicted molar refractivity (Wildman–Crippen MR) is 42.7 cm³/mol. The molecule has 0 fully saturated rings. The summed E-state index contributed by atoms with van der Waals surface area (Å²) in [5.74, 6) is -1.57. The summed E-state index contributed by atoms with van der Waals surface area (Å²) in [7, 11) is 2.51. The predicted octanol–water partition coefficient (Wildman–Crippen LogP) is -0.405. The van der Waals surface area contributed by atoms with Gasteiger partial charge in [0.05, 0.1) is 13.7 Å². The van der Waals surface area contributed by atoms with Crippen LogP contribution in [-0.2, 0) is 19.1 Å². The van der Waals surface area contributed by atoms with Crippen LogP contribution in [0.5, 0.6) is 0 Å². The summed E-state index contributed by atoms with van der Waals surface area (Å²) in [6.07, 6.45) is -0.0228. The van der Waals surface area contributed by atoms with E-state index in [0.29, 0.717) is 0 Å². The molecular weight excluding hydrogens is 178 g/mol. The molecule has 0 rings (SSSR count). The van der Waals surface area contributed by atoms with E-state index in [1.807, 2.05) is 0 Å². The van der Waals surface area contributed by atoms with Crippen LogP contribution in [-0.4, -0.2) is 43.5 Å². The van der Waals surface area contributed by atoms with Crippen LogP contribution in [0, 0.1) is 0 Å². The quantitative estimate of drug-likeness (QED) is 0.209. The van der Waals surface area contributed by atoms with Gasteiger partial charge in [0.15, 0.2) is 5.78 Å². The lowest BCUT2D eigenvalue weighted by atomic mass is 10.2. The molecule has 0 unspecified atom stereocenters. The van der Waals surface area contributed by atoms with E-state index in [1.165, 1.54) is 7.11 Å². The van der Waals surface area contributed by atoms with Gasteiger partial charge in [-0.1, -0.05) is 5.16 Å². The van der Waals surface area contributed by atoms with E-state index < -0.39 is 17.5 Å². The molecule has 0 spiro atoms. The Morgan fingerprint density at radius 1 is 1.38 bits per heavy atom. The second kappa shape index (κ2) is 6.13. The number of ketones is 1. The topological polar surface area (TPSA) is 85.2 Å². The maximum atomic E-state index is 11.1. The van der Waals surface area contributed by atoms with E-state index in [9.17, 15) is 9.59 Å². The van der Waals surface area contributed by atoms with Crippen molar-refractivity contribution in [1.29, 1.82) is 0 Å². The van der Waals surface area contributed by atoms with E-state index in [4.69, 9.17) is 5.21 Å². The molecule has 6 heteroatoms. The Labute approximate surface area is 75.1 Å². The van der Waals surface area contributed by atoms with Gasteiger partial charge in [0.25, 0.3) is 0 Å². The molecule has 0 saturated carbocycles. The Bertz CT molecular complexity index is 223. The van der Waals surface area contributed by atoms with Gasteiger partial charge in [0.1, 0.15) is 0 Å². The minimum absolute atomic E-state index is 0.0228. The number of methoxy groups -OCH3 is 2. The van der Waals surface area contributed by atoms with E-state index in [2.05, 4.69) is 14.6 Å². The van der Waals surface area contributed by atoms with Crippen LogP contribution in [0.2, 0.25) is 0 Å². The maximum Gasteiger partial charge on any atom is 0.363 e. The van der Waals surface area contributed by atoms with E-state index in [1.54, 1.807) is 0 Å². The van der Waals surface area contributed by atoms with Gasteiger partial charge in [-0.3, -0.25) is 4.79 Å². The Morgan fingerprint density at radius 2 is 2.00 bits per heavy atom. The van der Waals surface area contributed by atoms with E-state index in [-0.39, 0.29) is 13.0 Å². The Balaban J connectivity index is 4.26. The molecule has 0 amide bonds. The van der Waals surface area contributed by atoms with Crippen LogP contribution < -0.4 is 0 Å². The zero-order chi connectivity index (χ0) is 10.3. The highest BCUT2D eigenvalue weighted by atomic mass is 16.5. The summed E-state index contributed by atoms with van der Waals surface area (Å²) in [6.45, 7) is 0.162. The molecule has 74 valence electrons. The van der Waals surface area contributed by atoms with E-state index in [0.717, 1.165) is 7.11 Å². The van der Waals surface area contributed by atoms with Gasteiger partial charge in [-0.25, -0.2) is 4.79 Å². The number of rotatable bonds is 5. The molecule has 0 radical (unpaired) electrons. The van der Waals surface area contributed by atoms with Crippen molar-refractivity contribution >= 4 is 17.5 Å². The van der Waals surface area contributed by atoms with Crippen LogP contribution in [0.3, 0.4) is 0 Å². The number of oxime groups is 1. The first-order valence-corrected chi connectivity index (χ1v) is 3.49. The fraction of sp³-hybridized carbons (Fsp3) is 0.571. The zero-order valence-corrected chi connectivity index (χ0v) is 7.44. The van der Waals surface area contributed by atoms with Crippen molar-refractivity contribution in [2.45, 2.75) is 6.42 Å². The highest BCUT2D eigenvalue weighted by molar-refractivity contribution is 6.64. The molecule has 13 heavy (non-hydrogen) atoms. The van der Waals surface area contributed by atoms with Crippen molar-refractivity contribution in [2.75, 3.05) is 20.8 Å². The van der Waals surface area contributed by atoms with Gasteiger partial charge in [-0.05, 0) is 0 Å². The van der Waals surface area contributed by atoms with Crippen molar-refractivity contribution in [2.24, 2.45) is 5.16 Å². The molecule has 6 nitrogen and oxygen atoms in total. The van der Waals surface area contributed by atoms with Crippen molar-refractivity contribution in [3.05, 3.63) is 0 Å². The second-order valence-corrected chi connectivity index (χ2v) is 2.11. The fourth-order valence-corrected chi connectivity index (χ4v) is 0.620. The molecule has 0 bridgehead atoms. The van der Waals surface area contributed by atoms with Crippen LogP contribution in [0.25, 0.3) is 0 Å². The lowest BCUT2D eigenvalue weighted by Crippen LogP contribution is -2.26. The highest BCUT2D eigenvalue weighted by Crippen LogP contribution is 1.91. The number of carbonyl (C=O) groups is 2. The summed E-state index contributed by atoms with van der Waals surface area (Å²) in [6, 6.07) is 0. The van der Waals surface area contributed by atoms with Crippen molar-refractivity contribution < 1.29 is 24.3 Å². The number of hydrogen-bond donors (Lipinski definition) is 1. The molecule has 0 aliphatic carbocycles. The van der Waals surface area contributed by atoms with Crippen molar-refractivity contribution in [3.63, 3.8) is 0 Å². The molecule has 0 saturated heterocycles. The molecule has 0 aliphatic rings. The van der Waals surface area contributed by atoms with Gasteiger partial charge in [0, 0.05) is 13.5 Å². The first kappa shape index (κ1) is 11.6. The lowest BCUT2D eigenvalue weighted by molar-refractivity contribution is -0.133. The van der Waals surface area contributed by atoms with Crippen LogP contribution >= 0.6 is 0 Å². The molecule has 0 aliphatic heterocycles. The Kier molecular flexibility index (Phi) is 5.45. The number of Topliss-reactive ketones (excluding diaryl/α,β-unsaturated/α-hetero) is 1. The van der Waals surface area contributed by atoms with Crippen LogP contribution in [0.1, 0.15) is 6.42 Å². The third-order valence-corrected chi connectivity index (χ3v) is 1.28. The average Bonchev–Trinajstić information content (AvgIpc) is 2.15. The Morgan fingerprint density at radius 3 is 2.38 bits per heavy atom. The zero-order valence-electron chi connectivity index (χ0n) is 7.44. The Hall–Kier alpha value is -1.43. The van der Waals surface area contributed by atoms with Gasteiger partial charge < -0.3 is 14.7 Å². The van der Waals surface area contributed by atoms with Crippen LogP contribution in [0.15, 0.2) is 5.16 Å². The molecule has 0 heterocycles. The normalized spacial score (nSPS) is 11.1.